The zero-order chi connectivity index (χ0) is 22.4. The molecule has 0 unspecified atom stereocenters. The number of hydrogen-bond acceptors (Lipinski definition) is 4. The number of ether oxygens (including phenoxy) is 2. The first-order chi connectivity index (χ1) is 15.8. The van der Waals surface area contributed by atoms with Gasteiger partial charge in [-0.2, -0.15) is 0 Å². The highest BCUT2D eigenvalue weighted by molar-refractivity contribution is 5.71. The van der Waals surface area contributed by atoms with Crippen LogP contribution in [0, 0.1) is 0 Å². The quantitative estimate of drug-likeness (QED) is 0.252. The lowest BCUT2D eigenvalue weighted by molar-refractivity contribution is 0.291. The fourth-order valence-electron chi connectivity index (χ4n) is 4.35. The molecule has 0 aromatic carbocycles. The van der Waals surface area contributed by atoms with E-state index >= 15 is 0 Å². The van der Waals surface area contributed by atoms with Gasteiger partial charge in [-0.15, -0.1) is 0 Å². The van der Waals surface area contributed by atoms with E-state index in [-0.39, 0.29) is 0 Å². The number of hydrogen-bond donors (Lipinski definition) is 0. The molecule has 0 N–H and O–H groups in total. The van der Waals surface area contributed by atoms with E-state index in [9.17, 15) is 0 Å². The Bertz CT molecular complexity index is 739. The molecule has 3 rings (SSSR count). The number of nitrogens with zero attached hydrogens (tertiary/aromatic N) is 2. The van der Waals surface area contributed by atoms with E-state index < -0.39 is 0 Å². The van der Waals surface area contributed by atoms with Gasteiger partial charge in [-0.1, -0.05) is 78.1 Å². The topological polar surface area (TPSA) is 44.2 Å². The summed E-state index contributed by atoms with van der Waals surface area (Å²) in [7, 11) is 0. The third-order valence-corrected chi connectivity index (χ3v) is 6.28. The molecule has 0 saturated carbocycles. The van der Waals surface area contributed by atoms with Gasteiger partial charge in [0.25, 0.3) is 0 Å². The number of aromatic nitrogens is 2. The predicted molar refractivity (Wildman–Crippen MR) is 133 cm³/mol. The average Bonchev–Trinajstić information content (AvgIpc) is 2.82. The van der Waals surface area contributed by atoms with Crippen molar-refractivity contribution in [2.75, 3.05) is 13.2 Å². The summed E-state index contributed by atoms with van der Waals surface area (Å²) in [5.41, 5.74) is 4.63. The molecular formula is C28H42N2O2. The normalized spacial score (nSPS) is 12.3. The Morgan fingerprint density at radius 2 is 0.969 bits per heavy atom. The Kier molecular flexibility index (Phi) is 10.8. The van der Waals surface area contributed by atoms with E-state index in [0.717, 1.165) is 62.0 Å². The highest BCUT2D eigenvalue weighted by Crippen LogP contribution is 2.34. The Labute approximate surface area is 195 Å². The van der Waals surface area contributed by atoms with Crippen molar-refractivity contribution in [2.45, 2.75) is 104 Å². The molecule has 0 saturated heterocycles. The van der Waals surface area contributed by atoms with Gasteiger partial charge in [-0.25, -0.2) is 9.97 Å². The van der Waals surface area contributed by atoms with Crippen LogP contribution in [0.5, 0.6) is 11.8 Å². The molecule has 0 amide bonds. The van der Waals surface area contributed by atoms with Crippen molar-refractivity contribution in [1.29, 1.82) is 0 Å². The van der Waals surface area contributed by atoms with E-state index in [1.54, 1.807) is 0 Å². The smallest absolute Gasteiger partial charge is 0.213 e. The van der Waals surface area contributed by atoms with Gasteiger partial charge in [0, 0.05) is 23.3 Å². The number of rotatable bonds is 16. The summed E-state index contributed by atoms with van der Waals surface area (Å²) >= 11 is 0. The van der Waals surface area contributed by atoms with Crippen molar-refractivity contribution in [3.05, 3.63) is 35.7 Å². The van der Waals surface area contributed by atoms with Gasteiger partial charge in [-0.05, 0) is 37.8 Å². The van der Waals surface area contributed by atoms with Crippen molar-refractivity contribution in [2.24, 2.45) is 0 Å². The van der Waals surface area contributed by atoms with E-state index in [2.05, 4.69) is 26.0 Å². The van der Waals surface area contributed by atoms with Crippen LogP contribution in [-0.4, -0.2) is 23.2 Å². The van der Waals surface area contributed by atoms with Crippen LogP contribution in [0.3, 0.4) is 0 Å². The summed E-state index contributed by atoms with van der Waals surface area (Å²) in [5, 5.41) is 0. The average molecular weight is 439 g/mol. The summed E-state index contributed by atoms with van der Waals surface area (Å²) in [5.74, 6) is 1.51. The van der Waals surface area contributed by atoms with E-state index in [0.29, 0.717) is 0 Å². The molecule has 0 spiro atoms. The van der Waals surface area contributed by atoms with Crippen LogP contribution in [0.1, 0.15) is 102 Å². The summed E-state index contributed by atoms with van der Waals surface area (Å²) < 4.78 is 11.8. The van der Waals surface area contributed by atoms with Crippen LogP contribution in [0.2, 0.25) is 0 Å². The first-order valence-electron chi connectivity index (χ1n) is 13.1. The van der Waals surface area contributed by atoms with Crippen molar-refractivity contribution >= 4 is 0 Å². The molecular weight excluding hydrogens is 396 g/mol. The minimum Gasteiger partial charge on any atom is -0.478 e. The molecule has 2 aromatic heterocycles. The van der Waals surface area contributed by atoms with Gasteiger partial charge >= 0.3 is 0 Å². The van der Waals surface area contributed by atoms with Crippen LogP contribution in [-0.2, 0) is 12.8 Å². The molecule has 0 fully saturated rings. The van der Waals surface area contributed by atoms with Crippen LogP contribution in [0.25, 0.3) is 11.1 Å². The van der Waals surface area contributed by atoms with Gasteiger partial charge < -0.3 is 9.47 Å². The molecule has 2 heterocycles. The molecule has 1 aliphatic rings. The van der Waals surface area contributed by atoms with Crippen molar-refractivity contribution in [3.8, 4) is 22.9 Å². The van der Waals surface area contributed by atoms with Gasteiger partial charge in [0.2, 0.25) is 11.8 Å². The van der Waals surface area contributed by atoms with Gasteiger partial charge in [0.1, 0.15) is 0 Å². The second kappa shape index (κ2) is 14.1. The Morgan fingerprint density at radius 3 is 1.41 bits per heavy atom. The number of aryl methyl sites for hydroxylation is 2. The molecule has 0 atom stereocenters. The molecule has 4 heteroatoms. The second-order valence-electron chi connectivity index (χ2n) is 9.02. The van der Waals surface area contributed by atoms with Crippen LogP contribution in [0.4, 0.5) is 0 Å². The maximum absolute atomic E-state index is 5.92. The van der Waals surface area contributed by atoms with Crippen LogP contribution < -0.4 is 9.47 Å². The van der Waals surface area contributed by atoms with Crippen LogP contribution >= 0.6 is 0 Å². The second-order valence-corrected chi connectivity index (χ2v) is 9.02. The number of pyridine rings is 2. The lowest BCUT2D eigenvalue weighted by Gasteiger charge is -2.19. The molecule has 0 aliphatic heterocycles. The Hall–Kier alpha value is -2.10. The third kappa shape index (κ3) is 7.79. The van der Waals surface area contributed by atoms with E-state index in [1.165, 1.54) is 75.3 Å². The zero-order valence-corrected chi connectivity index (χ0v) is 20.3. The number of fused-ring (bicyclic) bond motifs is 3. The monoisotopic (exact) mass is 438 g/mol. The molecule has 32 heavy (non-hydrogen) atoms. The number of unbranched alkanes of at least 4 members (excludes halogenated alkanes) is 10. The fourth-order valence-corrected chi connectivity index (χ4v) is 4.35. The predicted octanol–water partition coefficient (Wildman–Crippen LogP) is 7.72. The molecule has 1 aliphatic carbocycles. The van der Waals surface area contributed by atoms with E-state index in [4.69, 9.17) is 19.4 Å². The Morgan fingerprint density at radius 1 is 0.562 bits per heavy atom. The lowest BCUT2D eigenvalue weighted by atomic mass is 9.92. The minimum atomic E-state index is 0.757. The summed E-state index contributed by atoms with van der Waals surface area (Å²) in [6.07, 6.45) is 17.1. The van der Waals surface area contributed by atoms with Crippen LogP contribution in [0.15, 0.2) is 24.3 Å². The summed E-state index contributed by atoms with van der Waals surface area (Å²) in [4.78, 5) is 9.58. The lowest BCUT2D eigenvalue weighted by Crippen LogP contribution is -2.10. The van der Waals surface area contributed by atoms with Crippen molar-refractivity contribution < 1.29 is 9.47 Å². The molecule has 0 radical (unpaired) electrons. The first-order valence-corrected chi connectivity index (χ1v) is 13.1. The zero-order valence-electron chi connectivity index (χ0n) is 20.3. The standard InChI is InChI=1S/C28H42N2O2/c1-3-5-7-9-11-13-21-31-27-19-15-23-24-16-20-28(30-26(24)18-17-25(23)29-27)32-22-14-12-10-8-6-4-2/h15-16,19-20H,3-14,17-18,21-22H2,1-2H3. The largest absolute Gasteiger partial charge is 0.478 e. The third-order valence-electron chi connectivity index (χ3n) is 6.28. The van der Waals surface area contributed by atoms with Crippen molar-refractivity contribution in [1.82, 2.24) is 9.97 Å². The molecule has 176 valence electrons. The van der Waals surface area contributed by atoms with E-state index in [1.807, 2.05) is 12.1 Å². The maximum atomic E-state index is 5.92. The summed E-state index contributed by atoms with van der Waals surface area (Å²) in [6, 6.07) is 8.31. The Balaban J connectivity index is 1.46. The fraction of sp³-hybridized carbons (Fsp3) is 0.643. The van der Waals surface area contributed by atoms with Gasteiger partial charge in [0.15, 0.2) is 0 Å². The molecule has 2 aromatic rings. The molecule has 0 bridgehead atoms. The minimum absolute atomic E-state index is 0.757. The van der Waals surface area contributed by atoms with Gasteiger partial charge in [0.05, 0.1) is 24.6 Å². The molecule has 4 nitrogen and oxygen atoms in total. The summed E-state index contributed by atoms with van der Waals surface area (Å²) in [6.45, 7) is 6.03. The maximum Gasteiger partial charge on any atom is 0.213 e. The first kappa shape index (κ1) is 24.5. The highest BCUT2D eigenvalue weighted by atomic mass is 16.5. The highest BCUT2D eigenvalue weighted by Gasteiger charge is 2.19. The SMILES string of the molecule is CCCCCCCCOc1ccc2c(n1)CCc1nc(OCCCCCCCC)ccc1-2. The van der Waals surface area contributed by atoms with Gasteiger partial charge in [-0.3, -0.25) is 0 Å². The van der Waals surface area contributed by atoms with Crippen molar-refractivity contribution in [3.63, 3.8) is 0 Å².